The fourth-order valence-electron chi connectivity index (χ4n) is 4.56. The standard InChI is InChI=1S/C26H36N4O2.2C2H6/c1-4-8-24-26(28-17-14-23(32-3)9-5-18-29(24)2)15-6-19-30(20-7-16-26)25(31)21-10-12-22(27)13-11-21;2*1-2/h5,8-14,17-18,28H,4,6-7,15-16,19-20,27H2,1-3H3;2*1-2H3/b17-14+,18-5+,23-9+,24-8-;;. The lowest BCUT2D eigenvalue weighted by Crippen LogP contribution is -2.50. The predicted octanol–water partition coefficient (Wildman–Crippen LogP) is 6.46. The Morgan fingerprint density at radius 1 is 1.11 bits per heavy atom. The van der Waals surface area contributed by atoms with Crippen molar-refractivity contribution in [3.05, 3.63) is 78.0 Å². The van der Waals surface area contributed by atoms with Gasteiger partial charge < -0.3 is 25.6 Å². The van der Waals surface area contributed by atoms with E-state index in [4.69, 9.17) is 10.5 Å². The summed E-state index contributed by atoms with van der Waals surface area (Å²) in [7, 11) is 3.78. The van der Waals surface area contributed by atoms with Crippen LogP contribution in [-0.4, -0.2) is 48.5 Å². The van der Waals surface area contributed by atoms with E-state index in [0.717, 1.165) is 51.0 Å². The van der Waals surface area contributed by atoms with Crippen molar-refractivity contribution < 1.29 is 9.53 Å². The summed E-state index contributed by atoms with van der Waals surface area (Å²) >= 11 is 0. The number of carbonyl (C=O) groups excluding carboxylic acids is 1. The quantitative estimate of drug-likeness (QED) is 0.470. The molecule has 1 saturated heterocycles. The van der Waals surface area contributed by atoms with Gasteiger partial charge in [0.2, 0.25) is 0 Å². The first kappa shape index (κ1) is 30.9. The van der Waals surface area contributed by atoms with Gasteiger partial charge in [0.15, 0.2) is 0 Å². The minimum atomic E-state index is -0.196. The monoisotopic (exact) mass is 496 g/mol. The Bertz CT molecular complexity index is 890. The molecule has 1 fully saturated rings. The molecule has 2 heterocycles. The second kappa shape index (κ2) is 16.5. The molecule has 1 aromatic rings. The zero-order chi connectivity index (χ0) is 27.0. The molecule has 6 heteroatoms. The number of benzene rings is 1. The predicted molar refractivity (Wildman–Crippen MR) is 153 cm³/mol. The van der Waals surface area contributed by atoms with Crippen molar-refractivity contribution in [2.24, 2.45) is 0 Å². The summed E-state index contributed by atoms with van der Waals surface area (Å²) < 4.78 is 5.44. The Hall–Kier alpha value is -3.15. The van der Waals surface area contributed by atoms with Gasteiger partial charge >= 0.3 is 0 Å². The number of nitrogens with two attached hydrogens (primary N) is 1. The van der Waals surface area contributed by atoms with E-state index >= 15 is 0 Å². The van der Waals surface area contributed by atoms with Crippen LogP contribution in [0.1, 0.15) is 77.1 Å². The average Bonchev–Trinajstić information content (AvgIpc) is 2.90. The number of amides is 1. The number of methoxy groups -OCH3 is 1. The Kier molecular flexibility index (Phi) is 14.2. The van der Waals surface area contributed by atoms with Gasteiger partial charge in [-0.05, 0) is 74.6 Å². The van der Waals surface area contributed by atoms with Gasteiger partial charge in [-0.15, -0.1) is 0 Å². The highest BCUT2D eigenvalue weighted by Crippen LogP contribution is 2.33. The number of hydrogen-bond donors (Lipinski definition) is 2. The van der Waals surface area contributed by atoms with E-state index in [-0.39, 0.29) is 11.4 Å². The minimum absolute atomic E-state index is 0.0824. The normalized spacial score (nSPS) is 21.6. The van der Waals surface area contributed by atoms with Gasteiger partial charge in [-0.3, -0.25) is 4.79 Å². The molecule has 0 bridgehead atoms. The third-order valence-corrected chi connectivity index (χ3v) is 6.19. The van der Waals surface area contributed by atoms with Crippen LogP contribution in [0, 0.1) is 0 Å². The van der Waals surface area contributed by atoms with Crippen molar-refractivity contribution in [2.75, 3.05) is 33.0 Å². The summed E-state index contributed by atoms with van der Waals surface area (Å²) in [6.07, 6.45) is 17.0. The Labute approximate surface area is 219 Å². The van der Waals surface area contributed by atoms with E-state index in [2.05, 4.69) is 36.5 Å². The first-order chi connectivity index (χ1) is 17.5. The molecule has 2 aliphatic heterocycles. The molecule has 3 rings (SSSR count). The van der Waals surface area contributed by atoms with Gasteiger partial charge in [-0.1, -0.05) is 40.7 Å². The first-order valence-corrected chi connectivity index (χ1v) is 13.4. The lowest BCUT2D eigenvalue weighted by molar-refractivity contribution is 0.0725. The zero-order valence-electron chi connectivity index (χ0n) is 23.5. The van der Waals surface area contributed by atoms with Crippen LogP contribution in [0.5, 0.6) is 0 Å². The fourth-order valence-corrected chi connectivity index (χ4v) is 4.56. The molecular formula is C30H48N4O2. The van der Waals surface area contributed by atoms with Crippen LogP contribution in [0.4, 0.5) is 5.69 Å². The van der Waals surface area contributed by atoms with Crippen molar-refractivity contribution in [3.8, 4) is 0 Å². The van der Waals surface area contributed by atoms with E-state index in [1.165, 1.54) is 5.70 Å². The molecule has 6 nitrogen and oxygen atoms in total. The SMILES string of the molecule is CC.CC.CC/C=C1\N(C)/C=C/C=C(OC)\C=C\NC12CCCN(C(=O)c1ccc(N)cc1)CCC2. The summed E-state index contributed by atoms with van der Waals surface area (Å²) in [5, 5.41) is 3.72. The molecule has 1 aromatic carbocycles. The van der Waals surface area contributed by atoms with Crippen LogP contribution in [-0.2, 0) is 4.74 Å². The van der Waals surface area contributed by atoms with Crippen LogP contribution in [0.15, 0.2) is 72.4 Å². The number of hydrogen-bond acceptors (Lipinski definition) is 5. The van der Waals surface area contributed by atoms with E-state index in [1.807, 2.05) is 69.2 Å². The molecule has 0 aromatic heterocycles. The third kappa shape index (κ3) is 8.51. The number of nitrogen functional groups attached to an aromatic ring is 1. The number of nitrogens with zero attached hydrogens (tertiary/aromatic N) is 2. The van der Waals surface area contributed by atoms with Crippen LogP contribution in [0.25, 0.3) is 0 Å². The van der Waals surface area contributed by atoms with Gasteiger partial charge in [-0.2, -0.15) is 0 Å². The van der Waals surface area contributed by atoms with Crippen LogP contribution >= 0.6 is 0 Å². The number of ether oxygens (including phenoxy) is 1. The average molecular weight is 497 g/mol. The number of carbonyl (C=O) groups is 1. The maximum atomic E-state index is 13.0. The Morgan fingerprint density at radius 3 is 2.28 bits per heavy atom. The third-order valence-electron chi connectivity index (χ3n) is 6.19. The molecule has 1 spiro atoms. The second-order valence-electron chi connectivity index (χ2n) is 8.40. The maximum absolute atomic E-state index is 13.0. The smallest absolute Gasteiger partial charge is 0.253 e. The molecule has 0 radical (unpaired) electrons. The number of nitrogens with one attached hydrogen (secondary N) is 1. The Morgan fingerprint density at radius 2 is 1.72 bits per heavy atom. The number of likely N-dealkylation sites (N-methyl/N-ethyl adjacent to an activating group) is 1. The molecule has 1 amide bonds. The minimum Gasteiger partial charge on any atom is -0.497 e. The zero-order valence-corrected chi connectivity index (χ0v) is 23.5. The Balaban J connectivity index is 0.00000154. The van der Waals surface area contributed by atoms with Crippen LogP contribution < -0.4 is 11.1 Å². The molecule has 3 N–H and O–H groups in total. The van der Waals surface area contributed by atoms with Gasteiger partial charge in [0.1, 0.15) is 5.76 Å². The van der Waals surface area contributed by atoms with Crippen LogP contribution in [0.3, 0.4) is 0 Å². The van der Waals surface area contributed by atoms with Gasteiger partial charge in [0.05, 0.1) is 12.6 Å². The van der Waals surface area contributed by atoms with E-state index in [9.17, 15) is 4.79 Å². The lowest BCUT2D eigenvalue weighted by Gasteiger charge is -2.43. The van der Waals surface area contributed by atoms with E-state index < -0.39 is 0 Å². The van der Waals surface area contributed by atoms with Gasteiger partial charge in [-0.25, -0.2) is 0 Å². The highest BCUT2D eigenvalue weighted by Gasteiger charge is 2.36. The van der Waals surface area contributed by atoms with E-state index in [0.29, 0.717) is 11.3 Å². The van der Waals surface area contributed by atoms with Crippen molar-refractivity contribution in [3.63, 3.8) is 0 Å². The lowest BCUT2D eigenvalue weighted by atomic mass is 9.82. The summed E-state index contributed by atoms with van der Waals surface area (Å²) in [5.41, 5.74) is 8.22. The number of allylic oxidation sites excluding steroid dienone is 4. The molecule has 0 atom stereocenters. The molecule has 2 aliphatic rings. The van der Waals surface area contributed by atoms with Gasteiger partial charge in [0.25, 0.3) is 5.91 Å². The molecule has 0 unspecified atom stereocenters. The number of rotatable bonds is 3. The van der Waals surface area contributed by atoms with Crippen molar-refractivity contribution >= 4 is 11.6 Å². The first-order valence-electron chi connectivity index (χ1n) is 13.4. The molecule has 0 aliphatic carbocycles. The summed E-state index contributed by atoms with van der Waals surface area (Å²) in [6.45, 7) is 11.6. The second-order valence-corrected chi connectivity index (χ2v) is 8.40. The maximum Gasteiger partial charge on any atom is 0.253 e. The van der Waals surface area contributed by atoms with Crippen molar-refractivity contribution in [1.29, 1.82) is 0 Å². The van der Waals surface area contributed by atoms with Crippen LogP contribution in [0.2, 0.25) is 0 Å². The van der Waals surface area contributed by atoms with Crippen molar-refractivity contribution in [1.82, 2.24) is 15.1 Å². The van der Waals surface area contributed by atoms with Crippen molar-refractivity contribution in [2.45, 2.75) is 72.3 Å². The van der Waals surface area contributed by atoms with Gasteiger partial charge in [0, 0.05) is 49.5 Å². The highest BCUT2D eigenvalue weighted by molar-refractivity contribution is 5.94. The summed E-state index contributed by atoms with van der Waals surface area (Å²) in [4.78, 5) is 17.2. The molecule has 36 heavy (non-hydrogen) atoms. The molecule has 200 valence electrons. The summed E-state index contributed by atoms with van der Waals surface area (Å²) in [6, 6.07) is 7.21. The summed E-state index contributed by atoms with van der Waals surface area (Å²) in [5.74, 6) is 0.880. The highest BCUT2D eigenvalue weighted by atomic mass is 16.5. The topological polar surface area (TPSA) is 70.8 Å². The largest absolute Gasteiger partial charge is 0.497 e. The fraction of sp³-hybridized carbons (Fsp3) is 0.500. The van der Waals surface area contributed by atoms with E-state index in [1.54, 1.807) is 19.2 Å². The molecule has 0 saturated carbocycles. The number of anilines is 1. The number of likely N-dealkylation sites (tertiary alicyclic amines) is 1. The molecular weight excluding hydrogens is 448 g/mol.